The van der Waals surface area contributed by atoms with E-state index in [9.17, 15) is 28.3 Å². The molecule has 4 rings (SSSR count). The molecule has 12 heteroatoms. The smallest absolute Gasteiger partial charge is 0.408 e. The summed E-state index contributed by atoms with van der Waals surface area (Å²) in [5.74, 6) is -2.68. The minimum Gasteiger partial charge on any atom is -0.444 e. The van der Waals surface area contributed by atoms with E-state index in [0.29, 0.717) is 5.56 Å². The first-order chi connectivity index (χ1) is 21.3. The zero-order chi connectivity index (χ0) is 34.2. The second kappa shape index (κ2) is 12.9. The first kappa shape index (κ1) is 35.2. The van der Waals surface area contributed by atoms with Gasteiger partial charge in [-0.2, -0.15) is 0 Å². The first-order valence-corrected chi connectivity index (χ1v) is 15.4. The zero-order valence-electron chi connectivity index (χ0n) is 27.5. The average Bonchev–Trinajstić information content (AvgIpc) is 3.58. The maximum absolute atomic E-state index is 14.4. The SMILES string of the molecule is CO[C@@]1(c2ccc(-c3ccccc3)cc2)CC(C(=O)N[C@]2(C(N)O)C[C@H]2C(F)F)N(C(=O)[C@@H](NC(=O)OC(C)(C)C)C(C)(C)C)C1. The van der Waals surface area contributed by atoms with Crippen LogP contribution in [0.25, 0.3) is 11.1 Å². The maximum Gasteiger partial charge on any atom is 0.408 e. The maximum atomic E-state index is 14.4. The molecule has 46 heavy (non-hydrogen) atoms. The van der Waals surface area contributed by atoms with Gasteiger partial charge in [0.1, 0.15) is 29.5 Å². The summed E-state index contributed by atoms with van der Waals surface area (Å²) in [6.45, 7) is 10.3. The Hall–Kier alpha value is -3.61. The van der Waals surface area contributed by atoms with Crippen LogP contribution in [0, 0.1) is 11.3 Å². The lowest BCUT2D eigenvalue weighted by atomic mass is 9.85. The van der Waals surface area contributed by atoms with Gasteiger partial charge < -0.3 is 35.8 Å². The second-order valence-electron chi connectivity index (χ2n) is 14.4. The number of halogens is 2. The molecule has 1 aliphatic carbocycles. The van der Waals surface area contributed by atoms with Gasteiger partial charge in [0, 0.05) is 19.4 Å². The normalized spacial score (nSPS) is 26.0. The Morgan fingerprint density at radius 2 is 1.57 bits per heavy atom. The largest absolute Gasteiger partial charge is 0.444 e. The fourth-order valence-corrected chi connectivity index (χ4v) is 6.14. The third-order valence-corrected chi connectivity index (χ3v) is 8.84. The molecule has 0 aromatic heterocycles. The summed E-state index contributed by atoms with van der Waals surface area (Å²) in [4.78, 5) is 42.5. The summed E-state index contributed by atoms with van der Waals surface area (Å²) in [5, 5.41) is 15.5. The number of ether oxygens (including phenoxy) is 2. The summed E-state index contributed by atoms with van der Waals surface area (Å²) < 4.78 is 38.9. The lowest BCUT2D eigenvalue weighted by Crippen LogP contribution is -2.60. The lowest BCUT2D eigenvalue weighted by molar-refractivity contribution is -0.143. The highest BCUT2D eigenvalue weighted by molar-refractivity contribution is 5.93. The minimum atomic E-state index is -2.82. The number of nitrogens with one attached hydrogen (secondary N) is 2. The van der Waals surface area contributed by atoms with Crippen molar-refractivity contribution in [3.05, 3.63) is 60.2 Å². The number of rotatable bonds is 9. The number of benzene rings is 2. The number of nitrogens with two attached hydrogens (primary N) is 1. The number of amides is 3. The number of carbonyl (C=O) groups is 3. The summed E-state index contributed by atoms with van der Waals surface area (Å²) in [7, 11) is 1.48. The molecule has 0 radical (unpaired) electrons. The zero-order valence-corrected chi connectivity index (χ0v) is 27.5. The predicted molar refractivity (Wildman–Crippen MR) is 168 cm³/mol. The Morgan fingerprint density at radius 3 is 2.04 bits per heavy atom. The second-order valence-corrected chi connectivity index (χ2v) is 14.4. The molecule has 252 valence electrons. The van der Waals surface area contributed by atoms with Gasteiger partial charge in [0.2, 0.25) is 18.2 Å². The summed E-state index contributed by atoms with van der Waals surface area (Å²) >= 11 is 0. The highest BCUT2D eigenvalue weighted by Crippen LogP contribution is 2.49. The van der Waals surface area contributed by atoms with Crippen molar-refractivity contribution >= 4 is 17.9 Å². The van der Waals surface area contributed by atoms with Gasteiger partial charge >= 0.3 is 6.09 Å². The van der Waals surface area contributed by atoms with Crippen LogP contribution in [0.3, 0.4) is 0 Å². The standard InChI is InChI=1S/C34H46F2N4O6/c1-31(2,3)25(38-30(44)46-32(4,5)6)28(42)40-19-33(45-7,22-15-13-21(14-16-22)20-11-9-8-10-12-20)18-24(40)27(41)39-34(29(37)43)17-23(34)26(35)36/h8-16,23-26,29,43H,17-19,37H2,1-7H3,(H,38,44)(H,39,41)/t23-,24?,25+,29?,33-,34+/m0/s1. The van der Waals surface area contributed by atoms with E-state index in [0.717, 1.165) is 11.1 Å². The molecule has 2 unspecified atom stereocenters. The van der Waals surface area contributed by atoms with E-state index in [4.69, 9.17) is 15.2 Å². The predicted octanol–water partition coefficient (Wildman–Crippen LogP) is 4.15. The Bertz CT molecular complexity index is 1410. The van der Waals surface area contributed by atoms with Crippen LogP contribution < -0.4 is 16.4 Å². The molecule has 1 saturated heterocycles. The number of alkyl halides is 2. The Balaban J connectivity index is 1.71. The van der Waals surface area contributed by atoms with Crippen LogP contribution in [-0.2, 0) is 24.7 Å². The number of nitrogens with zero attached hydrogens (tertiary/aromatic N) is 1. The van der Waals surface area contributed by atoms with E-state index in [1.165, 1.54) is 12.0 Å². The van der Waals surface area contributed by atoms with Gasteiger partial charge in [-0.05, 0) is 49.3 Å². The van der Waals surface area contributed by atoms with Crippen molar-refractivity contribution in [1.29, 1.82) is 0 Å². The molecule has 2 aromatic rings. The summed E-state index contributed by atoms with van der Waals surface area (Å²) in [6, 6.07) is 15.0. The molecular weight excluding hydrogens is 598 g/mol. The van der Waals surface area contributed by atoms with Crippen LogP contribution >= 0.6 is 0 Å². The monoisotopic (exact) mass is 644 g/mol. The van der Waals surface area contributed by atoms with Crippen molar-refractivity contribution in [1.82, 2.24) is 15.5 Å². The molecule has 3 amide bonds. The molecule has 2 fully saturated rings. The van der Waals surface area contributed by atoms with Crippen molar-refractivity contribution < 1.29 is 37.7 Å². The van der Waals surface area contributed by atoms with E-state index in [1.54, 1.807) is 41.5 Å². The lowest BCUT2D eigenvalue weighted by Gasteiger charge is -2.36. The quantitative estimate of drug-likeness (QED) is 0.301. The number of hydrogen-bond acceptors (Lipinski definition) is 7. The van der Waals surface area contributed by atoms with Crippen molar-refractivity contribution in [3.63, 3.8) is 0 Å². The molecule has 0 spiro atoms. The van der Waals surface area contributed by atoms with Gasteiger partial charge in [-0.1, -0.05) is 75.4 Å². The highest BCUT2D eigenvalue weighted by Gasteiger charge is 2.64. The molecule has 1 heterocycles. The fourth-order valence-electron chi connectivity index (χ4n) is 6.14. The fraction of sp³-hybridized carbons (Fsp3) is 0.559. The molecule has 1 aliphatic heterocycles. The Morgan fingerprint density at radius 1 is 0.978 bits per heavy atom. The third kappa shape index (κ3) is 7.34. The number of aliphatic hydroxyl groups excluding tert-OH is 1. The average molecular weight is 645 g/mol. The van der Waals surface area contributed by atoms with E-state index in [-0.39, 0.29) is 19.4 Å². The number of alkyl carbamates (subject to hydrolysis) is 1. The van der Waals surface area contributed by atoms with Crippen molar-refractivity contribution in [2.45, 2.75) is 95.9 Å². The van der Waals surface area contributed by atoms with Crippen LogP contribution in [0.4, 0.5) is 13.6 Å². The van der Waals surface area contributed by atoms with E-state index in [2.05, 4.69) is 10.6 Å². The van der Waals surface area contributed by atoms with Crippen LogP contribution in [0.1, 0.15) is 59.9 Å². The van der Waals surface area contributed by atoms with Crippen LogP contribution in [0.15, 0.2) is 54.6 Å². The van der Waals surface area contributed by atoms with Gasteiger partial charge in [0.15, 0.2) is 0 Å². The number of hydrogen-bond donors (Lipinski definition) is 4. The third-order valence-electron chi connectivity index (χ3n) is 8.84. The Kier molecular flexibility index (Phi) is 9.87. The molecule has 2 aromatic carbocycles. The van der Waals surface area contributed by atoms with Crippen LogP contribution in [0.5, 0.6) is 0 Å². The van der Waals surface area contributed by atoms with Crippen molar-refractivity contribution in [3.8, 4) is 11.1 Å². The van der Waals surface area contributed by atoms with Gasteiger partial charge in [-0.15, -0.1) is 0 Å². The van der Waals surface area contributed by atoms with Gasteiger partial charge in [-0.3, -0.25) is 9.59 Å². The molecule has 6 atom stereocenters. The topological polar surface area (TPSA) is 143 Å². The summed E-state index contributed by atoms with van der Waals surface area (Å²) in [5.41, 5.74) is 3.80. The molecule has 1 saturated carbocycles. The number of carbonyl (C=O) groups excluding carboxylic acids is 3. The van der Waals surface area contributed by atoms with E-state index in [1.807, 2.05) is 54.6 Å². The summed E-state index contributed by atoms with van der Waals surface area (Å²) in [6.07, 6.45) is -5.60. The van der Waals surface area contributed by atoms with Crippen molar-refractivity contribution in [2.24, 2.45) is 17.1 Å². The number of methoxy groups -OCH3 is 1. The van der Waals surface area contributed by atoms with E-state index >= 15 is 0 Å². The van der Waals surface area contributed by atoms with Gasteiger partial charge in [0.05, 0.1) is 12.1 Å². The first-order valence-electron chi connectivity index (χ1n) is 15.4. The molecule has 5 N–H and O–H groups in total. The minimum absolute atomic E-state index is 0.0227. The molecule has 0 bridgehead atoms. The Labute approximate surface area is 269 Å². The number of aliphatic hydroxyl groups is 1. The molecular formula is C34H46F2N4O6. The number of likely N-dealkylation sites (tertiary alicyclic amines) is 1. The molecule has 10 nitrogen and oxygen atoms in total. The molecule has 2 aliphatic rings. The van der Waals surface area contributed by atoms with E-state index < -0.39 is 70.7 Å². The van der Waals surface area contributed by atoms with Crippen molar-refractivity contribution in [2.75, 3.05) is 13.7 Å². The van der Waals surface area contributed by atoms with Crippen LogP contribution in [0.2, 0.25) is 0 Å². The highest BCUT2D eigenvalue weighted by atomic mass is 19.3. The van der Waals surface area contributed by atoms with Crippen LogP contribution in [-0.4, -0.2) is 77.4 Å². The van der Waals surface area contributed by atoms with Gasteiger partial charge in [0.25, 0.3) is 0 Å². The van der Waals surface area contributed by atoms with Gasteiger partial charge in [-0.25, -0.2) is 13.6 Å².